The smallest absolute Gasteiger partial charge is 0.0606 e. The quantitative estimate of drug-likeness (QED) is 0.792. The number of nitrogens with zero attached hydrogens (tertiary/aromatic N) is 1. The lowest BCUT2D eigenvalue weighted by molar-refractivity contribution is 0.299. The molecule has 0 saturated heterocycles. The summed E-state index contributed by atoms with van der Waals surface area (Å²) in [5.74, 6) is 0. The van der Waals surface area contributed by atoms with Crippen molar-refractivity contribution in [1.82, 2.24) is 5.32 Å². The molecule has 3 nitrogen and oxygen atoms in total. The van der Waals surface area contributed by atoms with Crippen molar-refractivity contribution in [3.05, 3.63) is 29.3 Å². The monoisotopic (exact) mass is 236 g/mol. The van der Waals surface area contributed by atoms with Crippen molar-refractivity contribution in [2.45, 2.75) is 33.4 Å². The van der Waals surface area contributed by atoms with Crippen LogP contribution < -0.4 is 10.2 Å². The highest BCUT2D eigenvalue weighted by molar-refractivity contribution is 5.55. The lowest BCUT2D eigenvalue weighted by atomic mass is 10.1. The number of aliphatic hydroxyl groups is 1. The van der Waals surface area contributed by atoms with Crippen molar-refractivity contribution >= 4 is 5.69 Å². The third-order valence-electron chi connectivity index (χ3n) is 2.88. The van der Waals surface area contributed by atoms with Crippen molar-refractivity contribution < 1.29 is 5.11 Å². The first-order valence-electron chi connectivity index (χ1n) is 6.21. The third-order valence-corrected chi connectivity index (χ3v) is 2.88. The van der Waals surface area contributed by atoms with Gasteiger partial charge in [0.2, 0.25) is 0 Å². The molecule has 1 rings (SSSR count). The van der Waals surface area contributed by atoms with E-state index in [2.05, 4.69) is 49.2 Å². The molecule has 0 aliphatic rings. The van der Waals surface area contributed by atoms with Crippen LogP contribution in [0.1, 0.15) is 25.0 Å². The standard InChI is InChI=1S/C14H24N2O/c1-11(2)16(7-8-17)14-6-5-12(3)9-13(14)10-15-4/h5-6,9,11,15,17H,7-8,10H2,1-4H3. The number of aliphatic hydroxyl groups excluding tert-OH is 1. The maximum absolute atomic E-state index is 9.16. The zero-order valence-electron chi connectivity index (χ0n) is 11.3. The summed E-state index contributed by atoms with van der Waals surface area (Å²) in [6.45, 7) is 8.13. The molecule has 0 atom stereocenters. The summed E-state index contributed by atoms with van der Waals surface area (Å²) in [6.07, 6.45) is 0. The Morgan fingerprint density at radius 2 is 2.06 bits per heavy atom. The maximum Gasteiger partial charge on any atom is 0.0606 e. The highest BCUT2D eigenvalue weighted by Crippen LogP contribution is 2.23. The topological polar surface area (TPSA) is 35.5 Å². The first-order chi connectivity index (χ1) is 8.10. The molecule has 2 N–H and O–H groups in total. The third kappa shape index (κ3) is 3.72. The lowest BCUT2D eigenvalue weighted by Crippen LogP contribution is -2.34. The predicted molar refractivity (Wildman–Crippen MR) is 73.5 cm³/mol. The lowest BCUT2D eigenvalue weighted by Gasteiger charge is -2.30. The van der Waals surface area contributed by atoms with Gasteiger partial charge < -0.3 is 15.3 Å². The van der Waals surface area contributed by atoms with Crippen LogP contribution in [0.3, 0.4) is 0 Å². The Labute approximate surface area is 104 Å². The molecule has 1 aromatic rings. The molecule has 0 heterocycles. The van der Waals surface area contributed by atoms with Gasteiger partial charge in [-0.05, 0) is 39.4 Å². The summed E-state index contributed by atoms with van der Waals surface area (Å²) in [4.78, 5) is 2.24. The van der Waals surface area contributed by atoms with Crippen LogP contribution in [0.4, 0.5) is 5.69 Å². The Hall–Kier alpha value is -1.06. The number of aryl methyl sites for hydroxylation is 1. The molecule has 0 aliphatic carbocycles. The summed E-state index contributed by atoms with van der Waals surface area (Å²) in [5.41, 5.74) is 3.77. The number of nitrogens with one attached hydrogen (secondary N) is 1. The van der Waals surface area contributed by atoms with Crippen LogP contribution in [0, 0.1) is 6.92 Å². The van der Waals surface area contributed by atoms with Gasteiger partial charge in [-0.2, -0.15) is 0 Å². The molecule has 0 saturated carbocycles. The van der Waals surface area contributed by atoms with Gasteiger partial charge in [-0.15, -0.1) is 0 Å². The molecule has 0 aliphatic heterocycles. The first kappa shape index (κ1) is 14.0. The minimum absolute atomic E-state index is 0.186. The number of rotatable bonds is 6. The largest absolute Gasteiger partial charge is 0.395 e. The van der Waals surface area contributed by atoms with E-state index in [4.69, 9.17) is 5.11 Å². The molecule has 0 bridgehead atoms. The Balaban J connectivity index is 3.07. The van der Waals surface area contributed by atoms with Crippen LogP contribution in [0.2, 0.25) is 0 Å². The van der Waals surface area contributed by atoms with E-state index in [0.717, 1.165) is 6.54 Å². The molecular weight excluding hydrogens is 212 g/mol. The summed E-state index contributed by atoms with van der Waals surface area (Å²) in [5, 5.41) is 12.4. The molecule has 17 heavy (non-hydrogen) atoms. The van der Waals surface area contributed by atoms with Crippen molar-refractivity contribution in [2.24, 2.45) is 0 Å². The Bertz CT molecular complexity index is 350. The van der Waals surface area contributed by atoms with E-state index >= 15 is 0 Å². The van der Waals surface area contributed by atoms with Crippen LogP contribution in [0.25, 0.3) is 0 Å². The average Bonchev–Trinajstić information content (AvgIpc) is 2.27. The normalized spacial score (nSPS) is 10.9. The Kier molecular flexibility index (Phi) is 5.45. The summed E-state index contributed by atoms with van der Waals surface area (Å²) < 4.78 is 0. The summed E-state index contributed by atoms with van der Waals surface area (Å²) in [7, 11) is 1.96. The van der Waals surface area contributed by atoms with E-state index in [-0.39, 0.29) is 6.61 Å². The number of benzene rings is 1. The van der Waals surface area contributed by atoms with E-state index in [0.29, 0.717) is 12.6 Å². The second-order valence-corrected chi connectivity index (χ2v) is 4.67. The fourth-order valence-corrected chi connectivity index (χ4v) is 2.09. The number of anilines is 1. The molecule has 0 aromatic heterocycles. The molecule has 0 fully saturated rings. The molecule has 0 amide bonds. The molecule has 0 spiro atoms. The Morgan fingerprint density at radius 1 is 1.35 bits per heavy atom. The van der Waals surface area contributed by atoms with Gasteiger partial charge in [0.15, 0.2) is 0 Å². The predicted octanol–water partition coefficient (Wildman–Crippen LogP) is 1.92. The summed E-state index contributed by atoms with van der Waals surface area (Å²) in [6, 6.07) is 6.87. The van der Waals surface area contributed by atoms with E-state index in [1.54, 1.807) is 0 Å². The van der Waals surface area contributed by atoms with Crippen LogP contribution in [-0.4, -0.2) is 31.3 Å². The van der Waals surface area contributed by atoms with Crippen LogP contribution in [0.5, 0.6) is 0 Å². The van der Waals surface area contributed by atoms with Gasteiger partial charge in [0.25, 0.3) is 0 Å². The van der Waals surface area contributed by atoms with Crippen LogP contribution in [-0.2, 0) is 6.54 Å². The molecule has 96 valence electrons. The minimum Gasteiger partial charge on any atom is -0.395 e. The van der Waals surface area contributed by atoms with Gasteiger partial charge in [0.05, 0.1) is 6.61 Å². The molecular formula is C14H24N2O. The maximum atomic E-state index is 9.16. The SMILES string of the molecule is CNCc1cc(C)ccc1N(CCO)C(C)C. The molecule has 0 unspecified atom stereocenters. The van der Waals surface area contributed by atoms with E-state index in [9.17, 15) is 0 Å². The van der Waals surface area contributed by atoms with Gasteiger partial charge >= 0.3 is 0 Å². The first-order valence-corrected chi connectivity index (χ1v) is 6.21. The second-order valence-electron chi connectivity index (χ2n) is 4.67. The molecule has 3 heteroatoms. The highest BCUT2D eigenvalue weighted by atomic mass is 16.3. The minimum atomic E-state index is 0.186. The van der Waals surface area contributed by atoms with Crippen molar-refractivity contribution in [1.29, 1.82) is 0 Å². The highest BCUT2D eigenvalue weighted by Gasteiger charge is 2.13. The summed E-state index contributed by atoms with van der Waals surface area (Å²) >= 11 is 0. The molecule has 0 radical (unpaired) electrons. The van der Waals surface area contributed by atoms with Crippen LogP contribution in [0.15, 0.2) is 18.2 Å². The van der Waals surface area contributed by atoms with Gasteiger partial charge in [0.1, 0.15) is 0 Å². The van der Waals surface area contributed by atoms with Crippen molar-refractivity contribution in [2.75, 3.05) is 25.1 Å². The van der Waals surface area contributed by atoms with Crippen molar-refractivity contribution in [3.8, 4) is 0 Å². The fourth-order valence-electron chi connectivity index (χ4n) is 2.09. The van der Waals surface area contributed by atoms with Crippen molar-refractivity contribution in [3.63, 3.8) is 0 Å². The van der Waals surface area contributed by atoms with E-state index < -0.39 is 0 Å². The zero-order chi connectivity index (χ0) is 12.8. The zero-order valence-corrected chi connectivity index (χ0v) is 11.3. The number of hydrogen-bond donors (Lipinski definition) is 2. The fraction of sp³-hybridized carbons (Fsp3) is 0.571. The van der Waals surface area contributed by atoms with Gasteiger partial charge in [-0.3, -0.25) is 0 Å². The Morgan fingerprint density at radius 3 is 2.59 bits per heavy atom. The second kappa shape index (κ2) is 6.62. The van der Waals surface area contributed by atoms with Crippen LogP contribution >= 0.6 is 0 Å². The van der Waals surface area contributed by atoms with E-state index in [1.807, 2.05) is 7.05 Å². The van der Waals surface area contributed by atoms with Gasteiger partial charge in [-0.25, -0.2) is 0 Å². The average molecular weight is 236 g/mol. The van der Waals surface area contributed by atoms with Gasteiger partial charge in [-0.1, -0.05) is 17.7 Å². The number of hydrogen-bond acceptors (Lipinski definition) is 3. The van der Waals surface area contributed by atoms with Gasteiger partial charge in [0, 0.05) is 24.8 Å². The van der Waals surface area contributed by atoms with E-state index in [1.165, 1.54) is 16.8 Å². The molecule has 1 aromatic carbocycles.